The molecule has 0 fully saturated rings. The van der Waals surface area contributed by atoms with Crippen molar-refractivity contribution in [2.75, 3.05) is 12.4 Å². The van der Waals surface area contributed by atoms with Gasteiger partial charge in [-0.1, -0.05) is 12.1 Å². The zero-order valence-electron chi connectivity index (χ0n) is 12.6. The summed E-state index contributed by atoms with van der Waals surface area (Å²) in [7, 11) is 1.87. The summed E-state index contributed by atoms with van der Waals surface area (Å²) in [6, 6.07) is 10.2. The van der Waals surface area contributed by atoms with Gasteiger partial charge in [0.1, 0.15) is 17.5 Å². The Balaban J connectivity index is 2.03. The third-order valence-electron chi connectivity index (χ3n) is 3.54. The summed E-state index contributed by atoms with van der Waals surface area (Å²) in [6.45, 7) is 4.95. The number of aryl methyl sites for hydroxylation is 2. The van der Waals surface area contributed by atoms with E-state index in [1.165, 1.54) is 5.52 Å². The van der Waals surface area contributed by atoms with Gasteiger partial charge >= 0.3 is 0 Å². The monoisotopic (exact) mass is 281 g/mol. The van der Waals surface area contributed by atoms with Crippen LogP contribution in [0.1, 0.15) is 24.3 Å². The quantitative estimate of drug-likeness (QED) is 0.799. The minimum atomic E-state index is 0.709. The Labute approximate surface area is 124 Å². The second-order valence-electron chi connectivity index (χ2n) is 4.98. The van der Waals surface area contributed by atoms with Crippen LogP contribution in [0, 0.1) is 6.92 Å². The fourth-order valence-corrected chi connectivity index (χ4v) is 2.62. The Morgan fingerprint density at radius 2 is 1.95 bits per heavy atom. The first-order valence-corrected chi connectivity index (χ1v) is 7.17. The molecule has 0 bridgehead atoms. The van der Waals surface area contributed by atoms with E-state index in [2.05, 4.69) is 38.9 Å². The number of fused-ring (bicyclic) bond motifs is 1. The Bertz CT molecular complexity index is 775. The van der Waals surface area contributed by atoms with E-state index in [1.54, 1.807) is 0 Å². The molecule has 0 saturated carbocycles. The zero-order chi connectivity index (χ0) is 14.8. The second kappa shape index (κ2) is 5.52. The van der Waals surface area contributed by atoms with Crippen LogP contribution in [0.25, 0.3) is 11.0 Å². The van der Waals surface area contributed by atoms with Crippen LogP contribution in [0.5, 0.6) is 0 Å². The van der Waals surface area contributed by atoms with Gasteiger partial charge < -0.3 is 9.88 Å². The predicted molar refractivity (Wildman–Crippen MR) is 84.5 cm³/mol. The Hall–Kier alpha value is -2.43. The molecule has 1 N–H and O–H groups in total. The highest BCUT2D eigenvalue weighted by Crippen LogP contribution is 2.18. The van der Waals surface area contributed by atoms with Crippen molar-refractivity contribution in [3.63, 3.8) is 0 Å². The van der Waals surface area contributed by atoms with Gasteiger partial charge in [-0.15, -0.1) is 0 Å². The lowest BCUT2D eigenvalue weighted by molar-refractivity contribution is 0.727. The molecule has 5 heteroatoms. The minimum Gasteiger partial charge on any atom is -0.373 e. The molecule has 0 spiro atoms. The molecule has 0 amide bonds. The number of imidazole rings is 1. The number of anilines is 1. The third kappa shape index (κ3) is 2.59. The van der Waals surface area contributed by atoms with Crippen molar-refractivity contribution >= 4 is 16.9 Å². The first kappa shape index (κ1) is 13.5. The van der Waals surface area contributed by atoms with Crippen LogP contribution in [0.2, 0.25) is 0 Å². The average molecular weight is 281 g/mol. The first-order valence-electron chi connectivity index (χ1n) is 7.17. The lowest BCUT2D eigenvalue weighted by atomic mass is 10.2. The molecule has 0 atom stereocenters. The molecule has 0 radical (unpaired) electrons. The number of para-hydroxylation sites is 2. The van der Waals surface area contributed by atoms with Crippen molar-refractivity contribution in [2.45, 2.75) is 26.8 Å². The standard InChI is InChI=1S/C16H19N5/c1-4-21-14-8-6-5-7-13(14)20-16(21)10-12-9-15(17-3)19-11(2)18-12/h5-9H,4,10H2,1-3H3,(H,17,18,19). The molecule has 108 valence electrons. The van der Waals surface area contributed by atoms with Gasteiger partial charge in [-0.3, -0.25) is 0 Å². The van der Waals surface area contributed by atoms with Gasteiger partial charge in [-0.25, -0.2) is 15.0 Å². The summed E-state index contributed by atoms with van der Waals surface area (Å²) < 4.78 is 2.24. The van der Waals surface area contributed by atoms with Crippen molar-refractivity contribution in [1.29, 1.82) is 0 Å². The zero-order valence-corrected chi connectivity index (χ0v) is 12.6. The fraction of sp³-hybridized carbons (Fsp3) is 0.312. The van der Waals surface area contributed by atoms with Gasteiger partial charge in [-0.05, 0) is 26.0 Å². The molecule has 5 nitrogen and oxygen atoms in total. The number of benzene rings is 1. The Morgan fingerprint density at radius 1 is 1.14 bits per heavy atom. The van der Waals surface area contributed by atoms with E-state index in [4.69, 9.17) is 4.98 Å². The topological polar surface area (TPSA) is 55.6 Å². The van der Waals surface area contributed by atoms with E-state index >= 15 is 0 Å². The van der Waals surface area contributed by atoms with Gasteiger partial charge in [0.2, 0.25) is 0 Å². The molecule has 3 aromatic rings. The van der Waals surface area contributed by atoms with Crippen molar-refractivity contribution < 1.29 is 0 Å². The molecule has 21 heavy (non-hydrogen) atoms. The van der Waals surface area contributed by atoms with E-state index in [0.29, 0.717) is 6.42 Å². The molecule has 2 heterocycles. The SMILES string of the molecule is CCn1c(Cc2cc(NC)nc(C)n2)nc2ccccc21. The highest BCUT2D eigenvalue weighted by Gasteiger charge is 2.11. The maximum absolute atomic E-state index is 4.75. The van der Waals surface area contributed by atoms with E-state index in [1.807, 2.05) is 32.2 Å². The maximum atomic E-state index is 4.75. The predicted octanol–water partition coefficient (Wildman–Crippen LogP) is 2.79. The average Bonchev–Trinajstić information content (AvgIpc) is 2.83. The summed E-state index contributed by atoms with van der Waals surface area (Å²) in [5, 5.41) is 3.07. The number of hydrogen-bond donors (Lipinski definition) is 1. The van der Waals surface area contributed by atoms with Gasteiger partial charge in [0.15, 0.2) is 0 Å². The van der Waals surface area contributed by atoms with E-state index in [0.717, 1.165) is 35.2 Å². The Kier molecular flexibility index (Phi) is 3.56. The van der Waals surface area contributed by atoms with E-state index < -0.39 is 0 Å². The van der Waals surface area contributed by atoms with Crippen LogP contribution in [-0.4, -0.2) is 26.6 Å². The largest absolute Gasteiger partial charge is 0.373 e. The van der Waals surface area contributed by atoms with Crippen molar-refractivity contribution in [3.05, 3.63) is 47.7 Å². The van der Waals surface area contributed by atoms with Crippen molar-refractivity contribution in [3.8, 4) is 0 Å². The molecule has 2 aromatic heterocycles. The first-order chi connectivity index (χ1) is 10.2. The number of nitrogens with zero attached hydrogens (tertiary/aromatic N) is 4. The number of rotatable bonds is 4. The molecule has 3 rings (SSSR count). The van der Waals surface area contributed by atoms with Crippen LogP contribution in [0.3, 0.4) is 0 Å². The van der Waals surface area contributed by atoms with E-state index in [9.17, 15) is 0 Å². The lowest BCUT2D eigenvalue weighted by Crippen LogP contribution is -2.06. The summed E-state index contributed by atoms with van der Waals surface area (Å²) in [5.41, 5.74) is 3.19. The molecule has 0 aliphatic rings. The molecular formula is C16H19N5. The van der Waals surface area contributed by atoms with Crippen molar-refractivity contribution in [2.24, 2.45) is 0 Å². The number of aromatic nitrogens is 4. The fourth-order valence-electron chi connectivity index (χ4n) is 2.62. The van der Waals surface area contributed by atoms with Gasteiger partial charge in [-0.2, -0.15) is 0 Å². The summed E-state index contributed by atoms with van der Waals surface area (Å²) in [5.74, 6) is 2.66. The molecule has 1 aromatic carbocycles. The van der Waals surface area contributed by atoms with Crippen LogP contribution < -0.4 is 5.32 Å². The van der Waals surface area contributed by atoms with Crippen molar-refractivity contribution in [1.82, 2.24) is 19.5 Å². The van der Waals surface area contributed by atoms with Gasteiger partial charge in [0, 0.05) is 26.1 Å². The smallest absolute Gasteiger partial charge is 0.129 e. The normalized spacial score (nSPS) is 11.0. The van der Waals surface area contributed by atoms with Crippen LogP contribution in [-0.2, 0) is 13.0 Å². The number of nitrogens with one attached hydrogen (secondary N) is 1. The molecular weight excluding hydrogens is 262 g/mol. The number of hydrogen-bond acceptors (Lipinski definition) is 4. The Morgan fingerprint density at radius 3 is 2.71 bits per heavy atom. The van der Waals surface area contributed by atoms with Crippen LogP contribution in [0.15, 0.2) is 30.3 Å². The second-order valence-corrected chi connectivity index (χ2v) is 4.98. The highest BCUT2D eigenvalue weighted by atomic mass is 15.1. The summed E-state index contributed by atoms with van der Waals surface area (Å²) >= 11 is 0. The summed E-state index contributed by atoms with van der Waals surface area (Å²) in [6.07, 6.45) is 0.709. The summed E-state index contributed by atoms with van der Waals surface area (Å²) in [4.78, 5) is 13.6. The van der Waals surface area contributed by atoms with Gasteiger partial charge in [0.25, 0.3) is 0 Å². The minimum absolute atomic E-state index is 0.709. The third-order valence-corrected chi connectivity index (χ3v) is 3.54. The molecule has 0 aliphatic heterocycles. The van der Waals surface area contributed by atoms with E-state index in [-0.39, 0.29) is 0 Å². The maximum Gasteiger partial charge on any atom is 0.129 e. The van der Waals surface area contributed by atoms with Gasteiger partial charge in [0.05, 0.1) is 16.7 Å². The van der Waals surface area contributed by atoms with Crippen LogP contribution in [0.4, 0.5) is 5.82 Å². The lowest BCUT2D eigenvalue weighted by Gasteiger charge is -2.07. The molecule has 0 unspecified atom stereocenters. The molecule has 0 saturated heterocycles. The van der Waals surface area contributed by atoms with Crippen LogP contribution >= 0.6 is 0 Å². The highest BCUT2D eigenvalue weighted by molar-refractivity contribution is 5.76. The molecule has 0 aliphatic carbocycles.